The summed E-state index contributed by atoms with van der Waals surface area (Å²) in [5.74, 6) is 1.98. The molecule has 1 heterocycles. The molecule has 2 fully saturated rings. The van der Waals surface area contributed by atoms with Crippen LogP contribution in [0.15, 0.2) is 24.3 Å². The summed E-state index contributed by atoms with van der Waals surface area (Å²) in [6.07, 6.45) is 7.98. The van der Waals surface area contributed by atoms with Gasteiger partial charge in [0.2, 0.25) is 0 Å². The zero-order chi connectivity index (χ0) is 15.4. The molecule has 0 radical (unpaired) electrons. The second-order valence-corrected chi connectivity index (χ2v) is 7.07. The van der Waals surface area contributed by atoms with E-state index in [2.05, 4.69) is 24.4 Å². The minimum Gasteiger partial charge on any atom is -0.327 e. The number of benzene rings is 1. The summed E-state index contributed by atoms with van der Waals surface area (Å²) in [7, 11) is 0. The lowest BCUT2D eigenvalue weighted by Crippen LogP contribution is -3.15. The lowest BCUT2D eigenvalue weighted by atomic mass is 9.75. The van der Waals surface area contributed by atoms with Gasteiger partial charge in [-0.2, -0.15) is 0 Å². The quantitative estimate of drug-likeness (QED) is 0.879. The summed E-state index contributed by atoms with van der Waals surface area (Å²) in [5.41, 5.74) is 2.23. The molecule has 1 amide bonds. The highest BCUT2D eigenvalue weighted by atomic mass is 16.2. The Bertz CT molecular complexity index is 497. The number of amides is 1. The van der Waals surface area contributed by atoms with Crippen molar-refractivity contribution in [3.63, 3.8) is 0 Å². The maximum Gasteiger partial charge on any atom is 0.279 e. The van der Waals surface area contributed by atoms with Crippen LogP contribution in [0, 0.1) is 11.8 Å². The first-order chi connectivity index (χ1) is 10.7. The Labute approximate surface area is 134 Å². The van der Waals surface area contributed by atoms with Crippen molar-refractivity contribution in [3.05, 3.63) is 29.8 Å². The second kappa shape index (κ2) is 7.28. The molecule has 2 N–H and O–H groups in total. The number of fused-ring (bicyclic) bond motifs is 1. The monoisotopic (exact) mass is 301 g/mol. The number of nitrogens with one attached hydrogen (secondary N) is 2. The van der Waals surface area contributed by atoms with Crippen LogP contribution in [-0.2, 0) is 11.2 Å². The molecule has 1 saturated heterocycles. The molecule has 1 aliphatic heterocycles. The molecule has 1 aliphatic carbocycles. The summed E-state index contributed by atoms with van der Waals surface area (Å²) in [5, 5.41) is 3.05. The molecule has 3 nitrogen and oxygen atoms in total. The normalized spacial score (nSPS) is 28.0. The van der Waals surface area contributed by atoms with Crippen LogP contribution in [0.3, 0.4) is 0 Å². The van der Waals surface area contributed by atoms with Crippen molar-refractivity contribution in [1.82, 2.24) is 0 Å². The molecule has 0 bridgehead atoms. The number of carbonyl (C=O) groups is 1. The minimum absolute atomic E-state index is 0.161. The average molecular weight is 301 g/mol. The number of anilines is 1. The summed E-state index contributed by atoms with van der Waals surface area (Å²) >= 11 is 0. The van der Waals surface area contributed by atoms with Gasteiger partial charge in [-0.05, 0) is 49.3 Å². The fraction of sp³-hybridized carbons (Fsp3) is 0.632. The number of likely N-dealkylation sites (tertiary alicyclic amines) is 1. The lowest BCUT2D eigenvalue weighted by molar-refractivity contribution is -0.902. The molecule has 3 heteroatoms. The Balaban J connectivity index is 1.48. The highest BCUT2D eigenvalue weighted by Crippen LogP contribution is 2.32. The minimum atomic E-state index is 0.161. The molecule has 2 aliphatic rings. The van der Waals surface area contributed by atoms with Gasteiger partial charge in [0.25, 0.3) is 5.91 Å². The van der Waals surface area contributed by atoms with Crippen LogP contribution < -0.4 is 10.2 Å². The van der Waals surface area contributed by atoms with E-state index in [1.165, 1.54) is 55.7 Å². The van der Waals surface area contributed by atoms with Crippen LogP contribution in [0.4, 0.5) is 5.69 Å². The Morgan fingerprint density at radius 2 is 1.86 bits per heavy atom. The van der Waals surface area contributed by atoms with Crippen LogP contribution in [0.2, 0.25) is 0 Å². The van der Waals surface area contributed by atoms with E-state index in [-0.39, 0.29) is 5.91 Å². The fourth-order valence-corrected chi connectivity index (χ4v) is 4.21. The molecule has 3 rings (SSSR count). The number of hydrogen-bond acceptors (Lipinski definition) is 1. The van der Waals surface area contributed by atoms with E-state index in [4.69, 9.17) is 0 Å². The van der Waals surface area contributed by atoms with E-state index in [0.29, 0.717) is 6.54 Å². The van der Waals surface area contributed by atoms with Crippen molar-refractivity contribution >= 4 is 11.6 Å². The van der Waals surface area contributed by atoms with Gasteiger partial charge in [0.1, 0.15) is 0 Å². The van der Waals surface area contributed by atoms with Crippen molar-refractivity contribution in [2.45, 2.75) is 45.4 Å². The van der Waals surface area contributed by atoms with E-state index in [1.54, 1.807) is 0 Å². The zero-order valence-corrected chi connectivity index (χ0v) is 13.7. The predicted octanol–water partition coefficient (Wildman–Crippen LogP) is 2.28. The van der Waals surface area contributed by atoms with Gasteiger partial charge in [0, 0.05) is 11.6 Å². The predicted molar refractivity (Wildman–Crippen MR) is 90.1 cm³/mol. The molecule has 120 valence electrons. The van der Waals surface area contributed by atoms with Gasteiger partial charge >= 0.3 is 0 Å². The Hall–Kier alpha value is -1.35. The first-order valence-corrected chi connectivity index (χ1v) is 8.97. The van der Waals surface area contributed by atoms with Gasteiger partial charge < -0.3 is 10.2 Å². The first-order valence-electron chi connectivity index (χ1n) is 8.97. The molecule has 1 saturated carbocycles. The second-order valence-electron chi connectivity index (χ2n) is 7.07. The fourth-order valence-electron chi connectivity index (χ4n) is 4.21. The molecule has 22 heavy (non-hydrogen) atoms. The van der Waals surface area contributed by atoms with Crippen LogP contribution in [-0.4, -0.2) is 25.5 Å². The lowest BCUT2D eigenvalue weighted by Gasteiger charge is -2.38. The number of hydrogen-bond donors (Lipinski definition) is 2. The highest BCUT2D eigenvalue weighted by Gasteiger charge is 2.34. The van der Waals surface area contributed by atoms with Crippen LogP contribution in [0.5, 0.6) is 0 Å². The first kappa shape index (κ1) is 15.5. The van der Waals surface area contributed by atoms with Crippen LogP contribution in [0.25, 0.3) is 0 Å². The van der Waals surface area contributed by atoms with Crippen LogP contribution in [0.1, 0.15) is 44.6 Å². The van der Waals surface area contributed by atoms with Crippen molar-refractivity contribution in [2.75, 3.05) is 25.0 Å². The number of rotatable bonds is 4. The van der Waals surface area contributed by atoms with E-state index in [9.17, 15) is 4.79 Å². The standard InChI is InChI=1S/C19H28N2O/c1-2-15-7-9-18(10-8-15)20-19(22)14-21-12-11-16-5-3-4-6-17(16)13-21/h7-10,16-17H,2-6,11-14H2,1H3,(H,20,22)/p+1/t16-,17+/m0/s1. The molecule has 3 atom stereocenters. The topological polar surface area (TPSA) is 33.5 Å². The van der Waals surface area contributed by atoms with Gasteiger partial charge in [-0.1, -0.05) is 31.9 Å². The Morgan fingerprint density at radius 1 is 1.14 bits per heavy atom. The average Bonchev–Trinajstić information content (AvgIpc) is 2.55. The molecule has 1 aromatic rings. The highest BCUT2D eigenvalue weighted by molar-refractivity contribution is 5.91. The van der Waals surface area contributed by atoms with Gasteiger partial charge in [-0.15, -0.1) is 0 Å². The SMILES string of the molecule is CCc1ccc(NC(=O)C[NH+]2CC[C@@H]3CCCC[C@@H]3C2)cc1. The zero-order valence-electron chi connectivity index (χ0n) is 13.7. The molecular weight excluding hydrogens is 272 g/mol. The maximum atomic E-state index is 12.3. The summed E-state index contributed by atoms with van der Waals surface area (Å²) < 4.78 is 0. The van der Waals surface area contributed by atoms with E-state index in [0.717, 1.165) is 23.9 Å². The van der Waals surface area contributed by atoms with Gasteiger partial charge in [-0.25, -0.2) is 0 Å². The van der Waals surface area contributed by atoms with E-state index >= 15 is 0 Å². The van der Waals surface area contributed by atoms with Crippen LogP contribution >= 0.6 is 0 Å². The van der Waals surface area contributed by atoms with Crippen molar-refractivity contribution in [1.29, 1.82) is 0 Å². The largest absolute Gasteiger partial charge is 0.327 e. The Kier molecular flexibility index (Phi) is 5.14. The molecular formula is C19H29N2O+. The van der Waals surface area contributed by atoms with E-state index < -0.39 is 0 Å². The van der Waals surface area contributed by atoms with Gasteiger partial charge in [0.15, 0.2) is 6.54 Å². The van der Waals surface area contributed by atoms with Crippen molar-refractivity contribution in [2.24, 2.45) is 11.8 Å². The summed E-state index contributed by atoms with van der Waals surface area (Å²) in [6, 6.07) is 8.21. The third-order valence-electron chi connectivity index (χ3n) is 5.54. The van der Waals surface area contributed by atoms with Crippen molar-refractivity contribution < 1.29 is 9.69 Å². The number of piperidine rings is 1. The molecule has 0 aromatic heterocycles. The molecule has 0 spiro atoms. The molecule has 1 unspecified atom stereocenters. The van der Waals surface area contributed by atoms with Gasteiger partial charge in [0.05, 0.1) is 13.1 Å². The summed E-state index contributed by atoms with van der Waals surface area (Å²) in [6.45, 7) is 5.14. The third-order valence-corrected chi connectivity index (χ3v) is 5.54. The summed E-state index contributed by atoms with van der Waals surface area (Å²) in [4.78, 5) is 13.7. The number of carbonyl (C=O) groups excluding carboxylic acids is 1. The van der Waals surface area contributed by atoms with Crippen molar-refractivity contribution in [3.8, 4) is 0 Å². The Morgan fingerprint density at radius 3 is 2.59 bits per heavy atom. The number of aryl methyl sites for hydroxylation is 1. The third kappa shape index (κ3) is 3.89. The smallest absolute Gasteiger partial charge is 0.279 e. The number of quaternary nitrogens is 1. The van der Waals surface area contributed by atoms with Gasteiger partial charge in [-0.3, -0.25) is 4.79 Å². The molecule has 1 aromatic carbocycles. The maximum absolute atomic E-state index is 12.3. The van der Waals surface area contributed by atoms with E-state index in [1.807, 2.05) is 12.1 Å².